The molecule has 1 heterocycles. The van der Waals surface area contributed by atoms with Crippen LogP contribution >= 0.6 is 0 Å². The summed E-state index contributed by atoms with van der Waals surface area (Å²) in [6.45, 7) is 4.22. The first-order valence-electron chi connectivity index (χ1n) is 6.42. The summed E-state index contributed by atoms with van der Waals surface area (Å²) in [6, 6.07) is 7.74. The van der Waals surface area contributed by atoms with Gasteiger partial charge in [0, 0.05) is 26.7 Å². The summed E-state index contributed by atoms with van der Waals surface area (Å²) in [6.07, 6.45) is 0. The summed E-state index contributed by atoms with van der Waals surface area (Å²) in [5.41, 5.74) is 1.90. The van der Waals surface area contributed by atoms with Gasteiger partial charge in [-0.15, -0.1) is 5.10 Å². The number of carboxylic acid groups (broad SMARTS) is 4. The van der Waals surface area contributed by atoms with Crippen LogP contribution in [0.5, 0.6) is 0 Å². The molecule has 15 heteroatoms. The van der Waals surface area contributed by atoms with E-state index in [1.807, 2.05) is 24.3 Å². The van der Waals surface area contributed by atoms with Crippen LogP contribution in [0.4, 0.5) is 0 Å². The quantitative estimate of drug-likeness (QED) is 0.284. The van der Waals surface area contributed by atoms with Crippen molar-refractivity contribution in [1.29, 1.82) is 0 Å². The average molecular weight is 435 g/mol. The van der Waals surface area contributed by atoms with Crippen molar-refractivity contribution in [2.24, 2.45) is 0 Å². The van der Waals surface area contributed by atoms with E-state index in [4.69, 9.17) is 39.6 Å². The molecular formula is C14H26N3NaO11. The Hall–Kier alpha value is -2.62. The second-order valence-corrected chi connectivity index (χ2v) is 3.88. The molecule has 0 aliphatic carbocycles. The van der Waals surface area contributed by atoms with E-state index in [9.17, 15) is 0 Å². The summed E-state index contributed by atoms with van der Waals surface area (Å²) >= 11 is 0. The van der Waals surface area contributed by atoms with Gasteiger partial charge in [-0.05, 0) is 19.1 Å². The van der Waals surface area contributed by atoms with Gasteiger partial charge in [0.2, 0.25) is 0 Å². The molecule has 2 rings (SSSR count). The Labute approximate surface area is 187 Å². The molecule has 2 aromatic rings. The standard InChI is InChI=1S/C6H5N3.4C2H4O2.Na.3H2O/c1-2-4-6-5(3-1)7-9-8-6;4*1-2(3)4;;;;/h1-4H,(H,7,8,9);4*1H3,(H,3,4);;3*1H2/q;;;;;+1;;;/p-1. The minimum absolute atomic E-state index is 0. The molecular weight excluding hydrogens is 409 g/mol. The first-order chi connectivity index (χ1) is 11.4. The fourth-order valence-corrected chi connectivity index (χ4v) is 0.788. The molecule has 0 saturated carbocycles. The van der Waals surface area contributed by atoms with Crippen molar-refractivity contribution < 1.29 is 85.6 Å². The smallest absolute Gasteiger partial charge is 0.550 e. The number of carboxylic acids is 4. The molecule has 0 saturated heterocycles. The molecule has 164 valence electrons. The van der Waals surface area contributed by atoms with Crippen LogP contribution in [0.3, 0.4) is 0 Å². The fourth-order valence-electron chi connectivity index (χ4n) is 0.788. The van der Waals surface area contributed by atoms with Crippen LogP contribution in [0.1, 0.15) is 27.7 Å². The molecule has 0 unspecified atom stereocenters. The van der Waals surface area contributed by atoms with E-state index in [1.54, 1.807) is 0 Å². The van der Waals surface area contributed by atoms with E-state index in [-0.39, 0.29) is 46.0 Å². The van der Waals surface area contributed by atoms with Gasteiger partial charge in [-0.2, -0.15) is 0 Å². The van der Waals surface area contributed by atoms with Gasteiger partial charge in [0.1, 0.15) is 5.52 Å². The zero-order valence-electron chi connectivity index (χ0n) is 16.6. The predicted octanol–water partition coefficient (Wildman–Crippen LogP) is -5.48. The molecule has 1 aromatic carbocycles. The fraction of sp³-hybridized carbons (Fsp3) is 0.286. The Bertz CT molecular complexity index is 571. The zero-order chi connectivity index (χ0) is 20.4. The molecule has 1 aromatic heterocycles. The van der Waals surface area contributed by atoms with Crippen LogP contribution in [-0.2, 0) is 19.2 Å². The molecule has 0 bridgehead atoms. The van der Waals surface area contributed by atoms with Crippen LogP contribution in [0, 0.1) is 0 Å². The predicted molar refractivity (Wildman–Crippen MR) is 95.3 cm³/mol. The van der Waals surface area contributed by atoms with Gasteiger partial charge in [-0.3, -0.25) is 19.5 Å². The number of hydrogen-bond donors (Lipinski definition) is 4. The summed E-state index contributed by atoms with van der Waals surface area (Å²) in [5, 5.41) is 41.3. The zero-order valence-corrected chi connectivity index (χ0v) is 18.6. The number of aromatic nitrogens is 3. The molecule has 14 nitrogen and oxygen atoms in total. The minimum Gasteiger partial charge on any atom is -0.550 e. The van der Waals surface area contributed by atoms with E-state index in [0.717, 1.165) is 38.7 Å². The third-order valence-corrected chi connectivity index (χ3v) is 1.23. The molecule has 0 fully saturated rings. The van der Waals surface area contributed by atoms with E-state index in [0.29, 0.717) is 0 Å². The van der Waals surface area contributed by atoms with Gasteiger partial charge in [0.25, 0.3) is 17.9 Å². The number of H-pyrrole nitrogens is 1. The van der Waals surface area contributed by atoms with Crippen LogP contribution in [0.25, 0.3) is 11.0 Å². The van der Waals surface area contributed by atoms with E-state index < -0.39 is 23.9 Å². The number of hydrogen-bond acceptors (Lipinski definition) is 7. The summed E-state index contributed by atoms with van der Waals surface area (Å²) < 4.78 is 0. The van der Waals surface area contributed by atoms with Gasteiger partial charge < -0.3 is 41.6 Å². The SMILES string of the molecule is CC(=O)O.CC(=O)O.CC(=O)O.CC(=O)[O-].O.O.O.[Na+].c1ccc2[nH]nnc2c1. The van der Waals surface area contributed by atoms with Gasteiger partial charge in [-0.25, -0.2) is 0 Å². The Morgan fingerprint density at radius 1 is 0.828 bits per heavy atom. The number of benzene rings is 1. The molecule has 0 spiro atoms. The maximum atomic E-state index is 9.00. The maximum absolute atomic E-state index is 9.00. The van der Waals surface area contributed by atoms with Crippen molar-refractivity contribution in [3.8, 4) is 0 Å². The summed E-state index contributed by atoms with van der Waals surface area (Å²) in [7, 11) is 0. The molecule has 0 aliphatic heterocycles. The molecule has 10 N–H and O–H groups in total. The largest absolute Gasteiger partial charge is 1.00 e. The van der Waals surface area contributed by atoms with Crippen molar-refractivity contribution in [3.63, 3.8) is 0 Å². The number of nitrogens with one attached hydrogen (secondary N) is 1. The number of nitrogens with zero attached hydrogens (tertiary/aromatic N) is 2. The second kappa shape index (κ2) is 30.1. The Morgan fingerprint density at radius 3 is 1.38 bits per heavy atom. The third-order valence-electron chi connectivity index (χ3n) is 1.23. The number of carbonyl (C=O) groups excluding carboxylic acids is 1. The number of fused-ring (bicyclic) bond motifs is 1. The van der Waals surface area contributed by atoms with Gasteiger partial charge >= 0.3 is 29.6 Å². The van der Waals surface area contributed by atoms with Crippen LogP contribution in [0.2, 0.25) is 0 Å². The summed E-state index contributed by atoms with van der Waals surface area (Å²) in [4.78, 5) is 35.9. The second-order valence-electron chi connectivity index (χ2n) is 3.88. The first-order valence-corrected chi connectivity index (χ1v) is 6.42. The summed E-state index contributed by atoms with van der Waals surface area (Å²) in [5.74, 6) is -3.58. The number of rotatable bonds is 0. The molecule has 0 amide bonds. The minimum atomic E-state index is -1.08. The monoisotopic (exact) mass is 435 g/mol. The topological polar surface area (TPSA) is 288 Å². The van der Waals surface area contributed by atoms with Crippen LogP contribution < -0.4 is 34.7 Å². The maximum Gasteiger partial charge on any atom is 1.00 e. The Balaban J connectivity index is -0.0000000431. The molecule has 0 radical (unpaired) electrons. The van der Waals surface area contributed by atoms with Crippen LogP contribution in [0.15, 0.2) is 24.3 Å². The molecule has 0 atom stereocenters. The van der Waals surface area contributed by atoms with Crippen molar-refractivity contribution in [1.82, 2.24) is 15.4 Å². The van der Waals surface area contributed by atoms with Crippen molar-refractivity contribution in [3.05, 3.63) is 24.3 Å². The third kappa shape index (κ3) is 67.1. The molecule has 0 aliphatic rings. The van der Waals surface area contributed by atoms with Crippen molar-refractivity contribution in [2.75, 3.05) is 0 Å². The van der Waals surface area contributed by atoms with Gasteiger partial charge in [-0.1, -0.05) is 17.3 Å². The van der Waals surface area contributed by atoms with Crippen LogP contribution in [-0.4, -0.2) is 71.0 Å². The van der Waals surface area contributed by atoms with Gasteiger partial charge in [0.05, 0.1) is 5.52 Å². The van der Waals surface area contributed by atoms with Crippen molar-refractivity contribution >= 4 is 34.9 Å². The van der Waals surface area contributed by atoms with E-state index in [2.05, 4.69) is 15.4 Å². The van der Waals surface area contributed by atoms with Gasteiger partial charge in [0.15, 0.2) is 0 Å². The Kier molecular flexibility index (Phi) is 47.0. The first kappa shape index (κ1) is 45.2. The number of carbonyl (C=O) groups is 4. The normalized spacial score (nSPS) is 6.62. The Morgan fingerprint density at radius 2 is 1.10 bits per heavy atom. The number of aliphatic carboxylic acids is 4. The number of aromatic amines is 1. The van der Waals surface area contributed by atoms with E-state index >= 15 is 0 Å². The van der Waals surface area contributed by atoms with Crippen molar-refractivity contribution in [2.45, 2.75) is 27.7 Å². The molecule has 29 heavy (non-hydrogen) atoms. The average Bonchev–Trinajstić information content (AvgIpc) is 2.83. The van der Waals surface area contributed by atoms with E-state index in [1.165, 1.54) is 0 Å². The number of para-hydroxylation sites is 1.